The Bertz CT molecular complexity index is 505. The molecule has 0 spiro atoms. The number of rotatable bonds is 1. The molecule has 0 saturated heterocycles. The van der Waals surface area contributed by atoms with E-state index in [2.05, 4.69) is 20.3 Å². The third-order valence-corrected chi connectivity index (χ3v) is 2.38. The van der Waals surface area contributed by atoms with Gasteiger partial charge in [-0.3, -0.25) is 9.78 Å². The largest absolute Gasteiger partial charge is 0.387 e. The predicted octanol–water partition coefficient (Wildman–Crippen LogP) is -0.381. The molecule has 0 radical (unpaired) electrons. The molecule has 2 heterocycles. The van der Waals surface area contributed by atoms with E-state index in [0.717, 1.165) is 0 Å². The van der Waals surface area contributed by atoms with E-state index < -0.39 is 11.7 Å². The number of nitrogens with one attached hydrogen (secondary N) is 2. The molecule has 1 aromatic rings. The van der Waals surface area contributed by atoms with Crippen molar-refractivity contribution in [3.05, 3.63) is 10.4 Å². The SMILES string of the molecule is CC(O)C1=Nc2c(nc(N)[nH]c2=O)NC1C. The maximum Gasteiger partial charge on any atom is 0.280 e. The lowest BCUT2D eigenvalue weighted by molar-refractivity contribution is 0.259. The Labute approximate surface area is 91.4 Å². The third kappa shape index (κ3) is 1.65. The molecule has 86 valence electrons. The molecule has 0 fully saturated rings. The minimum atomic E-state index is -0.715. The summed E-state index contributed by atoms with van der Waals surface area (Å²) in [4.78, 5) is 22.0. The molecular formula is C9H13N5O2. The van der Waals surface area contributed by atoms with Crippen LogP contribution in [0.5, 0.6) is 0 Å². The van der Waals surface area contributed by atoms with Gasteiger partial charge in [-0.2, -0.15) is 4.98 Å². The number of aliphatic hydroxyl groups is 1. The molecule has 7 heteroatoms. The molecule has 0 bridgehead atoms. The Morgan fingerprint density at radius 2 is 2.25 bits per heavy atom. The summed E-state index contributed by atoms with van der Waals surface area (Å²) < 4.78 is 0. The molecule has 0 aromatic carbocycles. The summed E-state index contributed by atoms with van der Waals surface area (Å²) in [6.45, 7) is 3.43. The summed E-state index contributed by atoms with van der Waals surface area (Å²) in [7, 11) is 0. The van der Waals surface area contributed by atoms with Crippen LogP contribution in [0.3, 0.4) is 0 Å². The highest BCUT2D eigenvalue weighted by Gasteiger charge is 2.24. The first-order valence-corrected chi connectivity index (χ1v) is 4.92. The van der Waals surface area contributed by atoms with E-state index in [0.29, 0.717) is 11.5 Å². The lowest BCUT2D eigenvalue weighted by Gasteiger charge is -2.24. The van der Waals surface area contributed by atoms with E-state index in [1.807, 2.05) is 6.92 Å². The van der Waals surface area contributed by atoms with Crippen LogP contribution in [-0.4, -0.2) is 32.9 Å². The number of aliphatic hydroxyl groups excluding tert-OH is 1. The fourth-order valence-corrected chi connectivity index (χ4v) is 1.65. The van der Waals surface area contributed by atoms with Gasteiger partial charge in [-0.1, -0.05) is 0 Å². The van der Waals surface area contributed by atoms with E-state index in [-0.39, 0.29) is 17.7 Å². The Morgan fingerprint density at radius 1 is 1.56 bits per heavy atom. The van der Waals surface area contributed by atoms with Crippen molar-refractivity contribution >= 4 is 23.2 Å². The van der Waals surface area contributed by atoms with Gasteiger partial charge < -0.3 is 16.2 Å². The van der Waals surface area contributed by atoms with Crippen molar-refractivity contribution in [1.29, 1.82) is 0 Å². The van der Waals surface area contributed by atoms with Crippen molar-refractivity contribution in [2.75, 3.05) is 11.1 Å². The van der Waals surface area contributed by atoms with Crippen LogP contribution in [0.4, 0.5) is 17.5 Å². The van der Waals surface area contributed by atoms with Gasteiger partial charge in [0.25, 0.3) is 5.56 Å². The Morgan fingerprint density at radius 3 is 2.88 bits per heavy atom. The molecule has 1 aliphatic rings. The number of H-pyrrole nitrogens is 1. The van der Waals surface area contributed by atoms with Crippen LogP contribution in [-0.2, 0) is 0 Å². The summed E-state index contributed by atoms with van der Waals surface area (Å²) in [5.41, 5.74) is 5.66. The number of hydrogen-bond donors (Lipinski definition) is 4. The molecule has 1 aromatic heterocycles. The number of nitrogen functional groups attached to an aromatic ring is 1. The molecule has 2 atom stereocenters. The average Bonchev–Trinajstić information content (AvgIpc) is 2.15. The smallest absolute Gasteiger partial charge is 0.280 e. The normalized spacial score (nSPS) is 20.7. The zero-order valence-corrected chi connectivity index (χ0v) is 8.98. The van der Waals surface area contributed by atoms with Crippen molar-refractivity contribution in [2.24, 2.45) is 4.99 Å². The van der Waals surface area contributed by atoms with Gasteiger partial charge in [-0.25, -0.2) is 4.99 Å². The molecule has 0 amide bonds. The van der Waals surface area contributed by atoms with Gasteiger partial charge in [-0.05, 0) is 13.8 Å². The predicted molar refractivity (Wildman–Crippen MR) is 61.1 cm³/mol. The molecule has 2 unspecified atom stereocenters. The molecular weight excluding hydrogens is 210 g/mol. The standard InChI is InChI=1S/C9H13N5O2/c1-3-5(4(2)15)12-6-7(11-3)13-9(10)14-8(6)16/h3-4,15H,1-2H3,(H4,10,11,13,14,16). The lowest BCUT2D eigenvalue weighted by Crippen LogP contribution is -2.37. The van der Waals surface area contributed by atoms with Crippen molar-refractivity contribution in [2.45, 2.75) is 26.0 Å². The quantitative estimate of drug-likeness (QED) is 0.517. The third-order valence-electron chi connectivity index (χ3n) is 2.38. The number of aromatic nitrogens is 2. The van der Waals surface area contributed by atoms with E-state index in [1.54, 1.807) is 6.92 Å². The number of hydrogen-bond acceptors (Lipinski definition) is 6. The fourth-order valence-electron chi connectivity index (χ4n) is 1.65. The van der Waals surface area contributed by atoms with Crippen LogP contribution in [0.25, 0.3) is 0 Å². The first-order chi connectivity index (χ1) is 7.49. The zero-order valence-electron chi connectivity index (χ0n) is 8.98. The highest BCUT2D eigenvalue weighted by atomic mass is 16.3. The summed E-state index contributed by atoms with van der Waals surface area (Å²) >= 11 is 0. The topological polar surface area (TPSA) is 116 Å². The Kier molecular flexibility index (Phi) is 2.39. The van der Waals surface area contributed by atoms with Gasteiger partial charge >= 0.3 is 0 Å². The van der Waals surface area contributed by atoms with Crippen molar-refractivity contribution in [3.63, 3.8) is 0 Å². The summed E-state index contributed by atoms with van der Waals surface area (Å²) in [5.74, 6) is 0.386. The number of nitrogens with two attached hydrogens (primary N) is 1. The fraction of sp³-hybridized carbons (Fsp3) is 0.444. The number of anilines is 2. The van der Waals surface area contributed by atoms with Crippen molar-refractivity contribution < 1.29 is 5.11 Å². The van der Waals surface area contributed by atoms with Crippen molar-refractivity contribution in [3.8, 4) is 0 Å². The molecule has 0 saturated carbocycles. The summed E-state index contributed by atoms with van der Waals surface area (Å²) in [5, 5.41) is 12.5. The highest BCUT2D eigenvalue weighted by Crippen LogP contribution is 2.24. The van der Waals surface area contributed by atoms with Crippen LogP contribution in [0.1, 0.15) is 13.8 Å². The van der Waals surface area contributed by atoms with E-state index in [1.165, 1.54) is 0 Å². The summed E-state index contributed by atoms with van der Waals surface area (Å²) in [6, 6.07) is -0.179. The van der Waals surface area contributed by atoms with Crippen LogP contribution >= 0.6 is 0 Å². The zero-order chi connectivity index (χ0) is 11.9. The average molecular weight is 223 g/mol. The van der Waals surface area contributed by atoms with Gasteiger partial charge in [0.2, 0.25) is 5.95 Å². The van der Waals surface area contributed by atoms with Gasteiger partial charge in [-0.15, -0.1) is 0 Å². The highest BCUT2D eigenvalue weighted by molar-refractivity contribution is 5.99. The molecule has 7 nitrogen and oxygen atoms in total. The van der Waals surface area contributed by atoms with E-state index in [9.17, 15) is 9.90 Å². The molecule has 1 aliphatic heterocycles. The van der Waals surface area contributed by atoms with Crippen molar-refractivity contribution in [1.82, 2.24) is 9.97 Å². The number of nitrogens with zero attached hydrogens (tertiary/aromatic N) is 2. The minimum Gasteiger partial charge on any atom is -0.387 e. The molecule has 16 heavy (non-hydrogen) atoms. The van der Waals surface area contributed by atoms with Gasteiger partial charge in [0.05, 0.1) is 17.9 Å². The number of fused-ring (bicyclic) bond motifs is 1. The monoisotopic (exact) mass is 223 g/mol. The first kappa shape index (κ1) is 10.6. The Hall–Kier alpha value is -1.89. The van der Waals surface area contributed by atoms with Crippen LogP contribution in [0, 0.1) is 0 Å². The number of aromatic amines is 1. The van der Waals surface area contributed by atoms with Gasteiger partial charge in [0.1, 0.15) is 0 Å². The van der Waals surface area contributed by atoms with Crippen LogP contribution in [0.15, 0.2) is 9.79 Å². The molecule has 5 N–H and O–H groups in total. The minimum absolute atomic E-state index is 0.0409. The Balaban J connectivity index is 2.59. The molecule has 2 rings (SSSR count). The van der Waals surface area contributed by atoms with Crippen LogP contribution < -0.4 is 16.6 Å². The van der Waals surface area contributed by atoms with Gasteiger partial charge in [0, 0.05) is 0 Å². The van der Waals surface area contributed by atoms with E-state index in [4.69, 9.17) is 5.73 Å². The van der Waals surface area contributed by atoms with Crippen LogP contribution in [0.2, 0.25) is 0 Å². The maximum absolute atomic E-state index is 11.6. The number of aliphatic imine (C=N–C) groups is 1. The molecule has 0 aliphatic carbocycles. The second kappa shape index (κ2) is 3.60. The second-order valence-corrected chi connectivity index (χ2v) is 3.73. The summed E-state index contributed by atoms with van der Waals surface area (Å²) in [6.07, 6.45) is -0.715. The first-order valence-electron chi connectivity index (χ1n) is 4.92. The second-order valence-electron chi connectivity index (χ2n) is 3.73. The van der Waals surface area contributed by atoms with Gasteiger partial charge in [0.15, 0.2) is 11.5 Å². The lowest BCUT2D eigenvalue weighted by atomic mass is 10.1. The maximum atomic E-state index is 11.6. The van der Waals surface area contributed by atoms with E-state index >= 15 is 0 Å².